The summed E-state index contributed by atoms with van der Waals surface area (Å²) in [5.74, 6) is 0.0756. The van der Waals surface area contributed by atoms with E-state index in [9.17, 15) is 9.59 Å². The Bertz CT molecular complexity index is 759. The second kappa shape index (κ2) is 10.8. The molecule has 1 aliphatic rings. The number of nitrogens with one attached hydrogen (secondary N) is 2. The third kappa shape index (κ3) is 5.81. The summed E-state index contributed by atoms with van der Waals surface area (Å²) in [6.07, 6.45) is 3.43. The van der Waals surface area contributed by atoms with Gasteiger partial charge in [-0.15, -0.1) is 12.4 Å². The summed E-state index contributed by atoms with van der Waals surface area (Å²) in [4.78, 5) is 26.7. The second-order valence-corrected chi connectivity index (χ2v) is 6.84. The molecular formula is C22H28ClN3O2. The van der Waals surface area contributed by atoms with Gasteiger partial charge in [-0.1, -0.05) is 36.8 Å². The summed E-state index contributed by atoms with van der Waals surface area (Å²) in [6, 6.07) is 17.1. The highest BCUT2D eigenvalue weighted by Crippen LogP contribution is 2.17. The molecule has 1 atom stereocenters. The van der Waals surface area contributed by atoms with Crippen molar-refractivity contribution in [2.24, 2.45) is 0 Å². The molecule has 0 aromatic heterocycles. The van der Waals surface area contributed by atoms with Crippen molar-refractivity contribution in [3.63, 3.8) is 0 Å². The van der Waals surface area contributed by atoms with Gasteiger partial charge in [0.15, 0.2) is 0 Å². The molecule has 0 spiro atoms. The van der Waals surface area contributed by atoms with E-state index in [1.165, 1.54) is 0 Å². The molecule has 2 aromatic carbocycles. The quantitative estimate of drug-likeness (QED) is 0.774. The van der Waals surface area contributed by atoms with Crippen LogP contribution in [0.2, 0.25) is 0 Å². The molecule has 150 valence electrons. The number of benzene rings is 2. The molecule has 0 bridgehead atoms. The molecule has 1 heterocycles. The number of hydrogen-bond donors (Lipinski definition) is 2. The van der Waals surface area contributed by atoms with Gasteiger partial charge in [0.1, 0.15) is 0 Å². The summed E-state index contributed by atoms with van der Waals surface area (Å²) in [7, 11) is 0. The maximum Gasteiger partial charge on any atom is 0.241 e. The van der Waals surface area contributed by atoms with Crippen LogP contribution in [-0.4, -0.2) is 30.9 Å². The van der Waals surface area contributed by atoms with E-state index in [1.54, 1.807) is 4.90 Å². The zero-order valence-electron chi connectivity index (χ0n) is 16.2. The zero-order chi connectivity index (χ0) is 19.1. The Morgan fingerprint density at radius 1 is 1.07 bits per heavy atom. The van der Waals surface area contributed by atoms with Crippen LogP contribution in [0, 0.1) is 0 Å². The van der Waals surface area contributed by atoms with Gasteiger partial charge in [0.25, 0.3) is 0 Å². The Labute approximate surface area is 172 Å². The number of anilines is 2. The number of carbonyl (C=O) groups is 2. The molecule has 2 aromatic rings. The van der Waals surface area contributed by atoms with E-state index in [-0.39, 0.29) is 30.3 Å². The molecule has 1 unspecified atom stereocenters. The summed E-state index contributed by atoms with van der Waals surface area (Å²) in [5.41, 5.74) is 2.61. The van der Waals surface area contributed by atoms with E-state index in [4.69, 9.17) is 0 Å². The number of likely N-dealkylation sites (N-methyl/N-ethyl adjacent to an activating group) is 1. The van der Waals surface area contributed by atoms with Crippen LogP contribution in [0.3, 0.4) is 0 Å². The van der Waals surface area contributed by atoms with Crippen LogP contribution in [-0.2, 0) is 16.0 Å². The molecule has 0 aliphatic carbocycles. The van der Waals surface area contributed by atoms with Crippen molar-refractivity contribution < 1.29 is 9.59 Å². The second-order valence-electron chi connectivity index (χ2n) is 6.84. The molecule has 2 amide bonds. The van der Waals surface area contributed by atoms with E-state index in [1.807, 2.05) is 61.5 Å². The van der Waals surface area contributed by atoms with Crippen molar-refractivity contribution in [3.8, 4) is 0 Å². The molecule has 1 saturated heterocycles. The van der Waals surface area contributed by atoms with E-state index in [0.717, 1.165) is 42.7 Å². The van der Waals surface area contributed by atoms with E-state index in [2.05, 4.69) is 10.6 Å². The van der Waals surface area contributed by atoms with E-state index < -0.39 is 0 Å². The monoisotopic (exact) mass is 401 g/mol. The van der Waals surface area contributed by atoms with Gasteiger partial charge in [0, 0.05) is 17.9 Å². The number of para-hydroxylation sites is 1. The van der Waals surface area contributed by atoms with Gasteiger partial charge in [-0.3, -0.25) is 9.59 Å². The first-order valence-electron chi connectivity index (χ1n) is 9.66. The highest BCUT2D eigenvalue weighted by Gasteiger charge is 2.20. The average Bonchev–Trinajstić information content (AvgIpc) is 2.71. The normalized spacial score (nSPS) is 16.0. The first kappa shape index (κ1) is 21.9. The van der Waals surface area contributed by atoms with Crippen LogP contribution < -0.4 is 15.5 Å². The van der Waals surface area contributed by atoms with Crippen LogP contribution >= 0.6 is 12.4 Å². The van der Waals surface area contributed by atoms with Gasteiger partial charge < -0.3 is 15.5 Å². The van der Waals surface area contributed by atoms with Crippen molar-refractivity contribution in [3.05, 3.63) is 60.2 Å². The van der Waals surface area contributed by atoms with Crippen molar-refractivity contribution in [2.75, 3.05) is 23.3 Å². The van der Waals surface area contributed by atoms with Gasteiger partial charge in [-0.25, -0.2) is 0 Å². The Balaban J connectivity index is 0.00000280. The standard InChI is InChI=1S/C22H27N3O2.ClH/c1-2-25(19-8-4-3-5-9-19)21(26)16-17-11-13-18(14-12-17)24-22(27)20-10-6-7-15-23-20;/h3-5,8-9,11-14,20,23H,2,6-7,10,15-16H2,1H3,(H,24,27);1H. The van der Waals surface area contributed by atoms with Gasteiger partial charge in [0.2, 0.25) is 11.8 Å². The molecule has 1 fully saturated rings. The van der Waals surface area contributed by atoms with Gasteiger partial charge in [0.05, 0.1) is 12.5 Å². The van der Waals surface area contributed by atoms with Crippen molar-refractivity contribution in [1.82, 2.24) is 5.32 Å². The SMILES string of the molecule is CCN(C(=O)Cc1ccc(NC(=O)C2CCCCN2)cc1)c1ccccc1.Cl. The lowest BCUT2D eigenvalue weighted by molar-refractivity contribution is -0.119. The summed E-state index contributed by atoms with van der Waals surface area (Å²) in [5, 5.41) is 6.20. The fourth-order valence-corrected chi connectivity index (χ4v) is 3.39. The van der Waals surface area contributed by atoms with E-state index in [0.29, 0.717) is 13.0 Å². The fourth-order valence-electron chi connectivity index (χ4n) is 3.39. The maximum atomic E-state index is 12.7. The first-order chi connectivity index (χ1) is 13.2. The Kier molecular flexibility index (Phi) is 8.48. The van der Waals surface area contributed by atoms with Crippen LogP contribution in [0.5, 0.6) is 0 Å². The largest absolute Gasteiger partial charge is 0.325 e. The molecule has 28 heavy (non-hydrogen) atoms. The molecule has 2 N–H and O–H groups in total. The smallest absolute Gasteiger partial charge is 0.241 e. The number of hydrogen-bond acceptors (Lipinski definition) is 3. The number of rotatable bonds is 6. The molecule has 6 heteroatoms. The summed E-state index contributed by atoms with van der Waals surface area (Å²) < 4.78 is 0. The van der Waals surface area contributed by atoms with Gasteiger partial charge in [-0.2, -0.15) is 0 Å². The molecular weight excluding hydrogens is 374 g/mol. The van der Waals surface area contributed by atoms with Gasteiger partial charge in [-0.05, 0) is 56.1 Å². The Hall–Kier alpha value is -2.37. The predicted molar refractivity (Wildman–Crippen MR) is 116 cm³/mol. The summed E-state index contributed by atoms with van der Waals surface area (Å²) >= 11 is 0. The van der Waals surface area contributed by atoms with Crippen molar-refractivity contribution >= 4 is 35.6 Å². The zero-order valence-corrected chi connectivity index (χ0v) is 17.0. The minimum Gasteiger partial charge on any atom is -0.325 e. The Morgan fingerprint density at radius 2 is 1.79 bits per heavy atom. The van der Waals surface area contributed by atoms with Crippen molar-refractivity contribution in [2.45, 2.75) is 38.6 Å². The third-order valence-corrected chi connectivity index (χ3v) is 4.89. The summed E-state index contributed by atoms with van der Waals surface area (Å²) in [6.45, 7) is 3.50. The lowest BCUT2D eigenvalue weighted by atomic mass is 10.0. The van der Waals surface area contributed by atoms with Crippen LogP contribution in [0.1, 0.15) is 31.7 Å². The molecule has 5 nitrogen and oxygen atoms in total. The first-order valence-corrected chi connectivity index (χ1v) is 9.66. The van der Waals surface area contributed by atoms with Crippen LogP contribution in [0.15, 0.2) is 54.6 Å². The molecule has 1 aliphatic heterocycles. The van der Waals surface area contributed by atoms with Crippen LogP contribution in [0.4, 0.5) is 11.4 Å². The lowest BCUT2D eigenvalue weighted by Crippen LogP contribution is -2.43. The highest BCUT2D eigenvalue weighted by atomic mass is 35.5. The lowest BCUT2D eigenvalue weighted by Gasteiger charge is -2.22. The maximum absolute atomic E-state index is 12.7. The van der Waals surface area contributed by atoms with Crippen LogP contribution in [0.25, 0.3) is 0 Å². The fraction of sp³-hybridized carbons (Fsp3) is 0.364. The number of nitrogens with zero attached hydrogens (tertiary/aromatic N) is 1. The number of piperidine rings is 1. The predicted octanol–water partition coefficient (Wildman–Crippen LogP) is 3.78. The molecule has 3 rings (SSSR count). The van der Waals surface area contributed by atoms with E-state index >= 15 is 0 Å². The number of amides is 2. The minimum absolute atomic E-state index is 0. The third-order valence-electron chi connectivity index (χ3n) is 4.89. The van der Waals surface area contributed by atoms with Gasteiger partial charge >= 0.3 is 0 Å². The minimum atomic E-state index is -0.107. The topological polar surface area (TPSA) is 61.4 Å². The highest BCUT2D eigenvalue weighted by molar-refractivity contribution is 5.96. The molecule has 0 radical (unpaired) electrons. The number of halogens is 1. The Morgan fingerprint density at radius 3 is 2.39 bits per heavy atom. The molecule has 0 saturated carbocycles. The number of carbonyl (C=O) groups excluding carboxylic acids is 2. The average molecular weight is 402 g/mol. The van der Waals surface area contributed by atoms with Crippen molar-refractivity contribution in [1.29, 1.82) is 0 Å².